The first-order valence-electron chi connectivity index (χ1n) is 7.22. The van der Waals surface area contributed by atoms with Gasteiger partial charge in [-0.05, 0) is 37.6 Å². The third-order valence-electron chi connectivity index (χ3n) is 3.06. The zero-order valence-corrected chi connectivity index (χ0v) is 16.1. The van der Waals surface area contributed by atoms with Gasteiger partial charge >= 0.3 is 0 Å². The number of benzene rings is 1. The molecule has 134 valence electrons. The molecule has 6 nitrogen and oxygen atoms in total. The number of hydrogen-bond donors (Lipinski definition) is 0. The number of halogens is 1. The van der Waals surface area contributed by atoms with E-state index in [1.165, 1.54) is 7.11 Å². The Morgan fingerprint density at radius 2 is 2.16 bits per heavy atom. The molecular weight excluding hydrogens is 386 g/mol. The molecule has 1 amide bonds. The standard InChI is InChI=1S/C16H16ClNO5S2/c1-8(2)23-14-10(17)4-9(5-11(14)22-3)6-12-15(21)18(7-13(19)20)16(24)25-12/h4-6,8H,7H2,1-3H3,(H,19,20)/p-1/b12-6-. The van der Waals surface area contributed by atoms with Crippen LogP contribution < -0.4 is 14.6 Å². The molecule has 0 radical (unpaired) electrons. The maximum absolute atomic E-state index is 12.3. The predicted molar refractivity (Wildman–Crippen MR) is 98.7 cm³/mol. The molecule has 0 atom stereocenters. The highest BCUT2D eigenvalue weighted by atomic mass is 35.5. The van der Waals surface area contributed by atoms with Gasteiger partial charge in [-0.2, -0.15) is 0 Å². The molecule has 1 fully saturated rings. The second-order valence-corrected chi connectivity index (χ2v) is 7.42. The quantitative estimate of drug-likeness (QED) is 0.534. The van der Waals surface area contributed by atoms with Crippen molar-refractivity contribution in [2.24, 2.45) is 0 Å². The third kappa shape index (κ3) is 4.65. The van der Waals surface area contributed by atoms with Gasteiger partial charge < -0.3 is 19.4 Å². The predicted octanol–water partition coefficient (Wildman–Crippen LogP) is 2.09. The largest absolute Gasteiger partial charge is 0.548 e. The molecule has 1 aromatic rings. The summed E-state index contributed by atoms with van der Waals surface area (Å²) in [4.78, 5) is 24.3. The van der Waals surface area contributed by atoms with Crippen LogP contribution in [0.25, 0.3) is 6.08 Å². The minimum Gasteiger partial charge on any atom is -0.548 e. The van der Waals surface area contributed by atoms with E-state index in [1.54, 1.807) is 18.2 Å². The van der Waals surface area contributed by atoms with Gasteiger partial charge in [-0.25, -0.2) is 0 Å². The van der Waals surface area contributed by atoms with Crippen molar-refractivity contribution in [2.45, 2.75) is 20.0 Å². The molecule has 1 heterocycles. The lowest BCUT2D eigenvalue weighted by Gasteiger charge is -2.16. The number of hydrogen-bond acceptors (Lipinski definition) is 7. The number of carbonyl (C=O) groups excluding carboxylic acids is 2. The number of carbonyl (C=O) groups is 2. The highest BCUT2D eigenvalue weighted by Gasteiger charge is 2.32. The van der Waals surface area contributed by atoms with E-state index in [9.17, 15) is 14.7 Å². The van der Waals surface area contributed by atoms with E-state index in [0.717, 1.165) is 16.7 Å². The van der Waals surface area contributed by atoms with Crippen molar-refractivity contribution in [3.63, 3.8) is 0 Å². The number of rotatable bonds is 6. The van der Waals surface area contributed by atoms with Crippen molar-refractivity contribution in [2.75, 3.05) is 13.7 Å². The maximum atomic E-state index is 12.3. The van der Waals surface area contributed by atoms with Crippen LogP contribution >= 0.6 is 35.6 Å². The molecule has 1 aromatic carbocycles. The van der Waals surface area contributed by atoms with Crippen LogP contribution in [0.1, 0.15) is 19.4 Å². The molecule has 0 saturated carbocycles. The highest BCUT2D eigenvalue weighted by Crippen LogP contribution is 2.39. The van der Waals surface area contributed by atoms with Crippen LogP contribution in [0.3, 0.4) is 0 Å². The van der Waals surface area contributed by atoms with Gasteiger partial charge in [-0.1, -0.05) is 35.6 Å². The zero-order chi connectivity index (χ0) is 18.7. The van der Waals surface area contributed by atoms with Crippen molar-refractivity contribution in [3.8, 4) is 11.5 Å². The Kier molecular flexibility index (Phi) is 6.31. The van der Waals surface area contributed by atoms with E-state index < -0.39 is 18.4 Å². The molecule has 0 spiro atoms. The molecule has 25 heavy (non-hydrogen) atoms. The first-order valence-corrected chi connectivity index (χ1v) is 8.82. The van der Waals surface area contributed by atoms with Crippen LogP contribution in [0.15, 0.2) is 17.0 Å². The molecule has 9 heteroatoms. The van der Waals surface area contributed by atoms with Crippen LogP contribution in [0.5, 0.6) is 11.5 Å². The number of amides is 1. The Hall–Kier alpha value is -1.77. The summed E-state index contributed by atoms with van der Waals surface area (Å²) in [6, 6.07) is 3.31. The van der Waals surface area contributed by atoms with Crippen LogP contribution in [0.2, 0.25) is 5.02 Å². The minimum absolute atomic E-state index is 0.0851. The van der Waals surface area contributed by atoms with Crippen molar-refractivity contribution < 1.29 is 24.2 Å². The second kappa shape index (κ2) is 8.07. The van der Waals surface area contributed by atoms with Gasteiger partial charge in [0.15, 0.2) is 11.5 Å². The topological polar surface area (TPSA) is 78.9 Å². The van der Waals surface area contributed by atoms with E-state index in [2.05, 4.69) is 0 Å². The number of methoxy groups -OCH3 is 1. The molecule has 0 aromatic heterocycles. The monoisotopic (exact) mass is 400 g/mol. The lowest BCUT2D eigenvalue weighted by Crippen LogP contribution is -2.40. The number of ether oxygens (including phenoxy) is 2. The fourth-order valence-corrected chi connectivity index (χ4v) is 3.61. The van der Waals surface area contributed by atoms with Crippen molar-refractivity contribution >= 4 is 57.9 Å². The van der Waals surface area contributed by atoms with E-state index >= 15 is 0 Å². The number of carboxylic acid groups (broad SMARTS) is 1. The zero-order valence-electron chi connectivity index (χ0n) is 13.7. The molecule has 2 rings (SSSR count). The Morgan fingerprint density at radius 1 is 1.48 bits per heavy atom. The first kappa shape index (κ1) is 19.6. The Morgan fingerprint density at radius 3 is 2.72 bits per heavy atom. The number of thioether (sulfide) groups is 1. The SMILES string of the molecule is COc1cc(/C=C2\SC(=S)N(CC(=O)[O-])C2=O)cc(Cl)c1OC(C)C. The van der Waals surface area contributed by atoms with Crippen LogP contribution in [0, 0.1) is 0 Å². The molecule has 1 aliphatic rings. The number of aliphatic carboxylic acids is 1. The van der Waals surface area contributed by atoms with Gasteiger partial charge in [0, 0.05) is 0 Å². The molecule has 0 aliphatic carbocycles. The molecule has 1 aliphatic heterocycles. The molecule has 0 bridgehead atoms. The van der Waals surface area contributed by atoms with Crippen molar-refractivity contribution in [1.29, 1.82) is 0 Å². The van der Waals surface area contributed by atoms with Gasteiger partial charge in [0.1, 0.15) is 4.32 Å². The number of carboxylic acids is 1. The lowest BCUT2D eigenvalue weighted by atomic mass is 10.1. The lowest BCUT2D eigenvalue weighted by molar-refractivity contribution is -0.305. The van der Waals surface area contributed by atoms with Gasteiger partial charge in [0.25, 0.3) is 5.91 Å². The summed E-state index contributed by atoms with van der Waals surface area (Å²) in [7, 11) is 1.49. The maximum Gasteiger partial charge on any atom is 0.266 e. The van der Waals surface area contributed by atoms with Crippen molar-refractivity contribution in [3.05, 3.63) is 27.6 Å². The normalized spacial score (nSPS) is 16.0. The van der Waals surface area contributed by atoms with Gasteiger partial charge in [-0.15, -0.1) is 0 Å². The van der Waals surface area contributed by atoms with Crippen LogP contribution in [0.4, 0.5) is 0 Å². The minimum atomic E-state index is -1.38. The summed E-state index contributed by atoms with van der Waals surface area (Å²) < 4.78 is 11.1. The van der Waals surface area contributed by atoms with Crippen molar-refractivity contribution in [1.82, 2.24) is 4.90 Å². The van der Waals surface area contributed by atoms with Crippen LogP contribution in [-0.4, -0.2) is 40.9 Å². The van der Waals surface area contributed by atoms with Gasteiger partial charge in [0.05, 0.1) is 35.7 Å². The summed E-state index contributed by atoms with van der Waals surface area (Å²) in [5, 5.41) is 11.1. The molecule has 0 N–H and O–H groups in total. The summed E-state index contributed by atoms with van der Waals surface area (Å²) >= 11 is 12.3. The van der Waals surface area contributed by atoms with E-state index in [-0.39, 0.29) is 10.4 Å². The summed E-state index contributed by atoms with van der Waals surface area (Å²) in [5.41, 5.74) is 0.604. The van der Waals surface area contributed by atoms with E-state index in [0.29, 0.717) is 27.0 Å². The highest BCUT2D eigenvalue weighted by molar-refractivity contribution is 8.26. The number of thiocarbonyl (C=S) groups is 1. The summed E-state index contributed by atoms with van der Waals surface area (Å²) in [6.07, 6.45) is 1.49. The molecule has 0 unspecified atom stereocenters. The fourth-order valence-electron chi connectivity index (χ4n) is 2.09. The van der Waals surface area contributed by atoms with E-state index in [1.807, 2.05) is 13.8 Å². The first-order chi connectivity index (χ1) is 11.7. The van der Waals surface area contributed by atoms with Gasteiger partial charge in [-0.3, -0.25) is 9.69 Å². The fraction of sp³-hybridized carbons (Fsp3) is 0.312. The molecule has 1 saturated heterocycles. The second-order valence-electron chi connectivity index (χ2n) is 5.34. The average Bonchev–Trinajstić information content (AvgIpc) is 2.76. The summed E-state index contributed by atoms with van der Waals surface area (Å²) in [6.45, 7) is 3.16. The average molecular weight is 401 g/mol. The van der Waals surface area contributed by atoms with Crippen LogP contribution in [-0.2, 0) is 9.59 Å². The van der Waals surface area contributed by atoms with Gasteiger partial charge in [0.2, 0.25) is 0 Å². The summed E-state index contributed by atoms with van der Waals surface area (Å²) in [5.74, 6) is -1.02. The Bertz CT molecular complexity index is 763. The third-order valence-corrected chi connectivity index (χ3v) is 4.72. The molecular formula is C16H15ClNO5S2-. The number of nitrogens with zero attached hydrogens (tertiary/aromatic N) is 1. The Labute approximate surface area is 159 Å². The smallest absolute Gasteiger partial charge is 0.266 e. The Balaban J connectivity index is 2.35. The van der Waals surface area contributed by atoms with E-state index in [4.69, 9.17) is 33.3 Å².